The molecule has 1 aromatic heterocycles. The van der Waals surface area contributed by atoms with E-state index in [0.29, 0.717) is 0 Å². The van der Waals surface area contributed by atoms with E-state index in [2.05, 4.69) is 70.4 Å². The van der Waals surface area contributed by atoms with E-state index in [9.17, 15) is 0 Å². The van der Waals surface area contributed by atoms with E-state index in [-0.39, 0.29) is 0 Å². The molecule has 1 heterocycles. The lowest BCUT2D eigenvalue weighted by atomic mass is 10.2. The number of hydrogen-bond donors (Lipinski definition) is 0. The summed E-state index contributed by atoms with van der Waals surface area (Å²) in [5.41, 5.74) is 3.48. The molecule has 128 valence electrons. The minimum Gasteiger partial charge on any atom is -0.355 e. The molecule has 0 N–H and O–H groups in total. The van der Waals surface area contributed by atoms with Gasteiger partial charge in [0, 0.05) is 38.9 Å². The van der Waals surface area contributed by atoms with Gasteiger partial charge < -0.3 is 9.80 Å². The molecule has 0 radical (unpaired) electrons. The van der Waals surface area contributed by atoms with Crippen molar-refractivity contribution in [1.82, 2.24) is 9.97 Å². The maximum atomic E-state index is 4.77. The average Bonchev–Trinajstić information content (AvgIpc) is 2.63. The molecule has 4 heteroatoms. The minimum absolute atomic E-state index is 0.749. The van der Waals surface area contributed by atoms with Crippen molar-refractivity contribution < 1.29 is 0 Å². The minimum atomic E-state index is 0.749. The quantitative estimate of drug-likeness (QED) is 0.681. The lowest BCUT2D eigenvalue weighted by Gasteiger charge is -2.22. The maximum absolute atomic E-state index is 4.77. The van der Waals surface area contributed by atoms with E-state index in [0.717, 1.165) is 30.5 Å². The number of aryl methyl sites for hydroxylation is 1. The highest BCUT2D eigenvalue weighted by Gasteiger charge is 2.11. The van der Waals surface area contributed by atoms with Gasteiger partial charge in [0.15, 0.2) is 0 Å². The Bertz CT molecular complexity index is 737. The van der Waals surface area contributed by atoms with Crippen LogP contribution < -0.4 is 9.80 Å². The summed E-state index contributed by atoms with van der Waals surface area (Å²) in [4.78, 5) is 13.6. The zero-order valence-electron chi connectivity index (χ0n) is 15.1. The van der Waals surface area contributed by atoms with Crippen LogP contribution in [0.2, 0.25) is 0 Å². The third kappa shape index (κ3) is 4.57. The predicted molar refractivity (Wildman–Crippen MR) is 104 cm³/mol. The van der Waals surface area contributed by atoms with Crippen molar-refractivity contribution in [1.29, 1.82) is 0 Å². The largest absolute Gasteiger partial charge is 0.355 e. The molecule has 0 bridgehead atoms. The van der Waals surface area contributed by atoms with Gasteiger partial charge in [0.25, 0.3) is 0 Å². The van der Waals surface area contributed by atoms with Gasteiger partial charge in [-0.05, 0) is 18.1 Å². The summed E-state index contributed by atoms with van der Waals surface area (Å²) in [6, 6.07) is 22.8. The average molecular weight is 332 g/mol. The Hall–Kier alpha value is -2.88. The van der Waals surface area contributed by atoms with Crippen LogP contribution in [0.5, 0.6) is 0 Å². The number of anilines is 2. The van der Waals surface area contributed by atoms with Crippen LogP contribution in [-0.2, 0) is 13.1 Å². The third-order valence-electron chi connectivity index (χ3n) is 4.09. The molecule has 0 saturated carbocycles. The lowest BCUT2D eigenvalue weighted by Crippen LogP contribution is -2.23. The first-order valence-corrected chi connectivity index (χ1v) is 8.47. The number of hydrogen-bond acceptors (Lipinski definition) is 4. The van der Waals surface area contributed by atoms with E-state index < -0.39 is 0 Å². The van der Waals surface area contributed by atoms with Gasteiger partial charge in [0.1, 0.15) is 5.82 Å². The van der Waals surface area contributed by atoms with Crippen molar-refractivity contribution in [3.63, 3.8) is 0 Å². The second-order valence-corrected chi connectivity index (χ2v) is 6.35. The summed E-state index contributed by atoms with van der Waals surface area (Å²) in [7, 11) is 4.10. The zero-order chi connectivity index (χ0) is 17.6. The zero-order valence-corrected chi connectivity index (χ0v) is 15.1. The molecule has 0 amide bonds. The Balaban J connectivity index is 1.77. The SMILES string of the molecule is Cc1cc(N(C)Cc2ccccc2)nc(N(C)Cc2ccccc2)n1. The third-order valence-corrected chi connectivity index (χ3v) is 4.09. The highest BCUT2D eigenvalue weighted by atomic mass is 15.3. The first-order valence-electron chi connectivity index (χ1n) is 8.47. The van der Waals surface area contributed by atoms with Gasteiger partial charge in [-0.1, -0.05) is 60.7 Å². The van der Waals surface area contributed by atoms with Crippen LogP contribution in [0, 0.1) is 6.92 Å². The van der Waals surface area contributed by atoms with Crippen molar-refractivity contribution in [3.05, 3.63) is 83.6 Å². The first kappa shape index (κ1) is 17.0. The van der Waals surface area contributed by atoms with Crippen LogP contribution in [0.3, 0.4) is 0 Å². The molecule has 3 aromatic rings. The molecule has 25 heavy (non-hydrogen) atoms. The van der Waals surface area contributed by atoms with Crippen molar-refractivity contribution >= 4 is 11.8 Å². The first-order chi connectivity index (χ1) is 12.1. The predicted octanol–water partition coefficient (Wildman–Crippen LogP) is 4.06. The van der Waals surface area contributed by atoms with Gasteiger partial charge in [-0.2, -0.15) is 4.98 Å². The Kier molecular flexibility index (Phi) is 5.29. The van der Waals surface area contributed by atoms with Crippen molar-refractivity contribution in [2.45, 2.75) is 20.0 Å². The summed E-state index contributed by atoms with van der Waals surface area (Å²) < 4.78 is 0. The summed E-state index contributed by atoms with van der Waals surface area (Å²) in [5, 5.41) is 0. The van der Waals surface area contributed by atoms with Gasteiger partial charge in [0.2, 0.25) is 5.95 Å². The van der Waals surface area contributed by atoms with E-state index >= 15 is 0 Å². The van der Waals surface area contributed by atoms with Crippen LogP contribution >= 0.6 is 0 Å². The number of aromatic nitrogens is 2. The number of benzene rings is 2. The standard InChI is InChI=1S/C21H24N4/c1-17-14-20(24(2)15-18-10-6-4-7-11-18)23-21(22-17)25(3)16-19-12-8-5-9-13-19/h4-14H,15-16H2,1-3H3. The molecule has 0 aliphatic carbocycles. The van der Waals surface area contributed by atoms with E-state index in [1.54, 1.807) is 0 Å². The molecule has 0 spiro atoms. The summed E-state index contributed by atoms with van der Waals surface area (Å²) in [6.45, 7) is 3.62. The van der Waals surface area contributed by atoms with Crippen LogP contribution in [-0.4, -0.2) is 24.1 Å². The van der Waals surface area contributed by atoms with Crippen LogP contribution in [0.4, 0.5) is 11.8 Å². The molecule has 0 unspecified atom stereocenters. The van der Waals surface area contributed by atoms with Crippen LogP contribution in [0.25, 0.3) is 0 Å². The number of rotatable bonds is 6. The Morgan fingerprint density at radius 3 is 1.80 bits per heavy atom. The molecule has 0 aliphatic heterocycles. The van der Waals surface area contributed by atoms with Gasteiger partial charge in [-0.15, -0.1) is 0 Å². The molecule has 0 fully saturated rings. The second-order valence-electron chi connectivity index (χ2n) is 6.35. The fourth-order valence-corrected chi connectivity index (χ4v) is 2.77. The fourth-order valence-electron chi connectivity index (χ4n) is 2.77. The molecular formula is C21H24N4. The Labute approximate surface area is 149 Å². The number of nitrogens with zero attached hydrogens (tertiary/aromatic N) is 4. The van der Waals surface area contributed by atoms with Crippen LogP contribution in [0.1, 0.15) is 16.8 Å². The van der Waals surface area contributed by atoms with E-state index in [4.69, 9.17) is 4.98 Å². The lowest BCUT2D eigenvalue weighted by molar-refractivity contribution is 0.835. The molecular weight excluding hydrogens is 308 g/mol. The van der Waals surface area contributed by atoms with Crippen LogP contribution in [0.15, 0.2) is 66.7 Å². The molecule has 0 atom stereocenters. The fraction of sp³-hybridized carbons (Fsp3) is 0.238. The Morgan fingerprint density at radius 2 is 1.24 bits per heavy atom. The summed E-state index contributed by atoms with van der Waals surface area (Å²) in [5.74, 6) is 1.69. The highest BCUT2D eigenvalue weighted by molar-refractivity contribution is 5.46. The molecule has 3 rings (SSSR count). The molecule has 0 saturated heterocycles. The van der Waals surface area contributed by atoms with Gasteiger partial charge in [0.05, 0.1) is 0 Å². The highest BCUT2D eigenvalue weighted by Crippen LogP contribution is 2.19. The van der Waals surface area contributed by atoms with Gasteiger partial charge in [-0.3, -0.25) is 0 Å². The van der Waals surface area contributed by atoms with E-state index in [1.807, 2.05) is 32.2 Å². The topological polar surface area (TPSA) is 32.3 Å². The normalized spacial score (nSPS) is 10.5. The smallest absolute Gasteiger partial charge is 0.227 e. The molecule has 0 aliphatic rings. The molecule has 4 nitrogen and oxygen atoms in total. The monoisotopic (exact) mass is 332 g/mol. The van der Waals surface area contributed by atoms with Gasteiger partial charge >= 0.3 is 0 Å². The van der Waals surface area contributed by atoms with Gasteiger partial charge in [-0.25, -0.2) is 4.98 Å². The van der Waals surface area contributed by atoms with Crippen molar-refractivity contribution in [3.8, 4) is 0 Å². The summed E-state index contributed by atoms with van der Waals surface area (Å²) >= 11 is 0. The molecule has 2 aromatic carbocycles. The second kappa shape index (κ2) is 7.79. The Morgan fingerprint density at radius 1 is 0.720 bits per heavy atom. The van der Waals surface area contributed by atoms with Crippen molar-refractivity contribution in [2.24, 2.45) is 0 Å². The maximum Gasteiger partial charge on any atom is 0.227 e. The van der Waals surface area contributed by atoms with E-state index in [1.165, 1.54) is 11.1 Å². The summed E-state index contributed by atoms with van der Waals surface area (Å²) in [6.07, 6.45) is 0. The van der Waals surface area contributed by atoms with Crippen molar-refractivity contribution in [2.75, 3.05) is 23.9 Å².